The molecule has 2 aliphatic rings. The van der Waals surface area contributed by atoms with Crippen LogP contribution in [0.1, 0.15) is 32.1 Å². The van der Waals surface area contributed by atoms with Crippen molar-refractivity contribution in [1.82, 2.24) is 30.0 Å². The van der Waals surface area contributed by atoms with Gasteiger partial charge in [0, 0.05) is 24.8 Å². The van der Waals surface area contributed by atoms with Crippen molar-refractivity contribution in [2.75, 3.05) is 31.5 Å². The first-order valence-corrected chi connectivity index (χ1v) is 9.43. The number of rotatable bonds is 4. The summed E-state index contributed by atoms with van der Waals surface area (Å²) < 4.78 is 1.58. The summed E-state index contributed by atoms with van der Waals surface area (Å²) in [5.74, 6) is 0. The number of anilines is 1. The van der Waals surface area contributed by atoms with Crippen molar-refractivity contribution >= 4 is 11.7 Å². The molecule has 4 rings (SSSR count). The average Bonchev–Trinajstić information content (AvgIpc) is 3.36. The Hall–Kier alpha value is -2.48. The first-order chi connectivity index (χ1) is 12.8. The van der Waals surface area contributed by atoms with Crippen LogP contribution in [0.3, 0.4) is 0 Å². The van der Waals surface area contributed by atoms with Crippen molar-refractivity contribution in [2.45, 2.75) is 38.1 Å². The van der Waals surface area contributed by atoms with Crippen LogP contribution in [0.2, 0.25) is 0 Å². The lowest BCUT2D eigenvalue weighted by Crippen LogP contribution is -2.50. The molecule has 1 atom stereocenters. The van der Waals surface area contributed by atoms with Gasteiger partial charge >= 0.3 is 6.03 Å². The number of aromatic nitrogens is 4. The Bertz CT molecular complexity index is 727. The molecular weight excluding hydrogens is 330 g/mol. The molecule has 2 aliphatic heterocycles. The zero-order valence-electron chi connectivity index (χ0n) is 14.9. The van der Waals surface area contributed by atoms with Crippen molar-refractivity contribution in [3.8, 4) is 5.69 Å². The predicted octanol–water partition coefficient (Wildman–Crippen LogP) is 2.14. The molecule has 1 aromatic carbocycles. The molecule has 0 unspecified atom stereocenters. The van der Waals surface area contributed by atoms with Crippen LogP contribution in [-0.2, 0) is 0 Å². The van der Waals surface area contributed by atoms with E-state index >= 15 is 0 Å². The Kier molecular flexibility index (Phi) is 5.10. The van der Waals surface area contributed by atoms with Crippen LogP contribution in [0, 0.1) is 0 Å². The van der Waals surface area contributed by atoms with Crippen molar-refractivity contribution in [1.29, 1.82) is 0 Å². The fourth-order valence-corrected chi connectivity index (χ4v) is 3.92. The van der Waals surface area contributed by atoms with E-state index in [0.29, 0.717) is 6.04 Å². The van der Waals surface area contributed by atoms with Crippen molar-refractivity contribution in [2.24, 2.45) is 0 Å². The van der Waals surface area contributed by atoms with E-state index in [9.17, 15) is 4.79 Å². The number of hydrogen-bond donors (Lipinski definition) is 1. The summed E-state index contributed by atoms with van der Waals surface area (Å²) in [6, 6.07) is 7.87. The van der Waals surface area contributed by atoms with Gasteiger partial charge in [-0.15, -0.1) is 5.10 Å². The van der Waals surface area contributed by atoms with Crippen LogP contribution in [0.15, 0.2) is 30.6 Å². The van der Waals surface area contributed by atoms with Gasteiger partial charge in [-0.2, -0.15) is 0 Å². The molecule has 0 saturated carbocycles. The van der Waals surface area contributed by atoms with E-state index in [1.807, 2.05) is 29.2 Å². The molecule has 2 amide bonds. The summed E-state index contributed by atoms with van der Waals surface area (Å²) >= 11 is 0. The topological polar surface area (TPSA) is 79.2 Å². The number of nitrogens with one attached hydrogen (secondary N) is 1. The van der Waals surface area contributed by atoms with E-state index in [2.05, 4.69) is 25.7 Å². The molecule has 0 radical (unpaired) electrons. The normalized spacial score (nSPS) is 21.1. The van der Waals surface area contributed by atoms with Gasteiger partial charge < -0.3 is 15.1 Å². The van der Waals surface area contributed by atoms with Gasteiger partial charge in [0.15, 0.2) is 0 Å². The van der Waals surface area contributed by atoms with Gasteiger partial charge in [-0.3, -0.25) is 0 Å². The summed E-state index contributed by atoms with van der Waals surface area (Å²) in [5.41, 5.74) is 1.58. The highest BCUT2D eigenvalue weighted by Gasteiger charge is 2.29. The fraction of sp³-hybridized carbons (Fsp3) is 0.556. The molecule has 1 aromatic heterocycles. The van der Waals surface area contributed by atoms with Crippen molar-refractivity contribution < 1.29 is 4.79 Å². The van der Waals surface area contributed by atoms with Crippen LogP contribution in [0.5, 0.6) is 0 Å². The second-order valence-corrected chi connectivity index (χ2v) is 7.09. The number of hydrogen-bond acceptors (Lipinski definition) is 5. The third-order valence-corrected chi connectivity index (χ3v) is 5.27. The second kappa shape index (κ2) is 7.82. The molecule has 138 valence electrons. The molecule has 26 heavy (non-hydrogen) atoms. The van der Waals surface area contributed by atoms with Gasteiger partial charge in [0.05, 0.1) is 5.69 Å². The lowest BCUT2D eigenvalue weighted by molar-refractivity contribution is 0.136. The van der Waals surface area contributed by atoms with Gasteiger partial charge in [-0.1, -0.05) is 6.07 Å². The van der Waals surface area contributed by atoms with Gasteiger partial charge in [0.25, 0.3) is 0 Å². The van der Waals surface area contributed by atoms with Crippen LogP contribution in [-0.4, -0.2) is 68.3 Å². The number of tetrazole rings is 1. The first-order valence-electron chi connectivity index (χ1n) is 9.43. The van der Waals surface area contributed by atoms with E-state index in [4.69, 9.17) is 0 Å². The standard InChI is InChI=1S/C18H25N7O/c26-18(20-15-6-5-8-16(12-15)25-14-19-21-22-25)24-11-2-1-7-17(24)13-23-9-3-4-10-23/h5-6,8,12,14,17H,1-4,7,9-11,13H2,(H,20,26)/t17-/m1/s1. The molecule has 3 heterocycles. The zero-order valence-corrected chi connectivity index (χ0v) is 14.9. The van der Waals surface area contributed by atoms with E-state index in [0.717, 1.165) is 37.3 Å². The van der Waals surface area contributed by atoms with Gasteiger partial charge in [0.1, 0.15) is 6.33 Å². The third-order valence-electron chi connectivity index (χ3n) is 5.27. The SMILES string of the molecule is O=C(Nc1cccc(-n2cnnn2)c1)N1CCCC[C@@H]1CN1CCCC1. The number of carbonyl (C=O) groups is 1. The highest BCUT2D eigenvalue weighted by molar-refractivity contribution is 5.90. The van der Waals surface area contributed by atoms with E-state index in [1.165, 1.54) is 38.7 Å². The molecule has 2 fully saturated rings. The number of urea groups is 1. The maximum Gasteiger partial charge on any atom is 0.322 e. The van der Waals surface area contributed by atoms with Gasteiger partial charge in [0.2, 0.25) is 0 Å². The number of piperidine rings is 1. The minimum atomic E-state index is -0.0113. The lowest BCUT2D eigenvalue weighted by atomic mass is 10.0. The maximum absolute atomic E-state index is 12.9. The van der Waals surface area contributed by atoms with Crippen LogP contribution < -0.4 is 5.32 Å². The highest BCUT2D eigenvalue weighted by Crippen LogP contribution is 2.22. The molecular formula is C18H25N7O. The molecule has 2 aromatic rings. The first kappa shape index (κ1) is 17.0. The Morgan fingerprint density at radius 3 is 2.81 bits per heavy atom. The third kappa shape index (κ3) is 3.85. The highest BCUT2D eigenvalue weighted by atomic mass is 16.2. The Labute approximate surface area is 153 Å². The average molecular weight is 355 g/mol. The Morgan fingerprint density at radius 1 is 1.15 bits per heavy atom. The van der Waals surface area contributed by atoms with Crippen LogP contribution in [0.25, 0.3) is 5.69 Å². The Morgan fingerprint density at radius 2 is 2.00 bits per heavy atom. The summed E-state index contributed by atoms with van der Waals surface area (Å²) in [5, 5.41) is 14.3. The minimum Gasteiger partial charge on any atom is -0.320 e. The summed E-state index contributed by atoms with van der Waals surface area (Å²) in [6.07, 6.45) is 7.48. The number of amides is 2. The van der Waals surface area contributed by atoms with E-state index in [1.54, 1.807) is 4.68 Å². The van der Waals surface area contributed by atoms with Gasteiger partial charge in [-0.25, -0.2) is 9.48 Å². The summed E-state index contributed by atoms with van der Waals surface area (Å²) in [6.45, 7) is 4.16. The lowest BCUT2D eigenvalue weighted by Gasteiger charge is -2.37. The number of carbonyl (C=O) groups excluding carboxylic acids is 1. The quantitative estimate of drug-likeness (QED) is 0.909. The zero-order chi connectivity index (χ0) is 17.8. The second-order valence-electron chi connectivity index (χ2n) is 7.09. The smallest absolute Gasteiger partial charge is 0.320 e. The predicted molar refractivity (Wildman–Crippen MR) is 98.2 cm³/mol. The fourth-order valence-electron chi connectivity index (χ4n) is 3.92. The van der Waals surface area contributed by atoms with Crippen molar-refractivity contribution in [3.63, 3.8) is 0 Å². The molecule has 2 saturated heterocycles. The van der Waals surface area contributed by atoms with E-state index < -0.39 is 0 Å². The molecule has 8 nitrogen and oxygen atoms in total. The summed E-state index contributed by atoms with van der Waals surface area (Å²) in [7, 11) is 0. The molecule has 1 N–H and O–H groups in total. The summed E-state index contributed by atoms with van der Waals surface area (Å²) in [4.78, 5) is 17.4. The largest absolute Gasteiger partial charge is 0.322 e. The number of benzene rings is 1. The maximum atomic E-state index is 12.9. The minimum absolute atomic E-state index is 0.0113. The monoisotopic (exact) mass is 355 g/mol. The van der Waals surface area contributed by atoms with E-state index in [-0.39, 0.29) is 6.03 Å². The Balaban J connectivity index is 1.43. The van der Waals surface area contributed by atoms with Gasteiger partial charge in [-0.05, 0) is 73.8 Å². The number of nitrogens with zero attached hydrogens (tertiary/aromatic N) is 6. The molecule has 0 bridgehead atoms. The molecule has 8 heteroatoms. The number of likely N-dealkylation sites (tertiary alicyclic amines) is 2. The van der Waals surface area contributed by atoms with Crippen LogP contribution >= 0.6 is 0 Å². The van der Waals surface area contributed by atoms with Crippen LogP contribution in [0.4, 0.5) is 10.5 Å². The van der Waals surface area contributed by atoms with Crippen molar-refractivity contribution in [3.05, 3.63) is 30.6 Å². The molecule has 0 aliphatic carbocycles. The molecule has 0 spiro atoms.